The van der Waals surface area contributed by atoms with Crippen LogP contribution in [0.1, 0.15) is 6.92 Å². The Morgan fingerprint density at radius 1 is 1.17 bits per heavy atom. The number of hydrogen-bond acceptors (Lipinski definition) is 3. The summed E-state index contributed by atoms with van der Waals surface area (Å²) in [6.07, 6.45) is -3.01. The lowest BCUT2D eigenvalue weighted by molar-refractivity contribution is -0.356. The van der Waals surface area contributed by atoms with Crippen LogP contribution in [0.4, 0.5) is 26.3 Å². The molecule has 18 heavy (non-hydrogen) atoms. The van der Waals surface area contributed by atoms with Gasteiger partial charge in [-0.05, 0) is 0 Å². The molecule has 0 aromatic heterocycles. The van der Waals surface area contributed by atoms with Crippen LogP contribution < -0.4 is 0 Å². The fourth-order valence-corrected chi connectivity index (χ4v) is 0.455. The Labute approximate surface area is 97.1 Å². The van der Waals surface area contributed by atoms with Crippen molar-refractivity contribution < 1.29 is 46.5 Å². The molecule has 0 rings (SSSR count). The summed E-state index contributed by atoms with van der Waals surface area (Å²) in [6.45, 7) is 2.52. The van der Waals surface area contributed by atoms with Gasteiger partial charge in [0.1, 0.15) is 0 Å². The Morgan fingerprint density at radius 2 is 1.44 bits per heavy atom. The van der Waals surface area contributed by atoms with Gasteiger partial charge >= 0.3 is 23.7 Å². The first-order valence-electron chi connectivity index (χ1n) is 4.06. The Morgan fingerprint density at radius 3 is 1.50 bits per heavy atom. The van der Waals surface area contributed by atoms with Gasteiger partial charge in [0.05, 0.1) is 0 Å². The van der Waals surface area contributed by atoms with Crippen molar-refractivity contribution in [1.29, 1.82) is 0 Å². The van der Waals surface area contributed by atoms with Crippen molar-refractivity contribution in [2.45, 2.75) is 31.0 Å². The lowest BCUT2D eigenvalue weighted by Crippen LogP contribution is -2.58. The second-order valence-electron chi connectivity index (χ2n) is 3.00. The van der Waals surface area contributed by atoms with Crippen molar-refractivity contribution in [3.05, 3.63) is 12.7 Å². The number of halogens is 6. The highest BCUT2D eigenvalue weighted by molar-refractivity contribution is 5.78. The van der Waals surface area contributed by atoms with Gasteiger partial charge in [0.25, 0.3) is 0 Å². The lowest BCUT2D eigenvalue weighted by atomic mass is 10.1. The van der Waals surface area contributed by atoms with Crippen LogP contribution in [0, 0.1) is 0 Å². The summed E-state index contributed by atoms with van der Waals surface area (Å²) in [5.41, 5.74) is 0. The molecule has 0 fully saturated rings. The standard InChI is InChI=1S/C5H6F6O2.C3H4O2/c1-3(6,7)5(10,11)4(8,9)2(12)13;1-2-3(4)5/h2,12-13H,1H3;2H,1H2,(H,4,5). The van der Waals surface area contributed by atoms with Gasteiger partial charge in [-0.15, -0.1) is 0 Å². The molecule has 108 valence electrons. The van der Waals surface area contributed by atoms with Gasteiger partial charge in [0.2, 0.25) is 6.29 Å². The monoisotopic (exact) mass is 284 g/mol. The molecule has 0 aromatic rings. The van der Waals surface area contributed by atoms with Gasteiger partial charge in [-0.1, -0.05) is 6.58 Å². The van der Waals surface area contributed by atoms with Crippen LogP contribution in [0.25, 0.3) is 0 Å². The lowest BCUT2D eigenvalue weighted by Gasteiger charge is -2.31. The fourth-order valence-electron chi connectivity index (χ4n) is 0.455. The molecule has 0 radical (unpaired) electrons. The topological polar surface area (TPSA) is 77.8 Å². The number of carboxylic acid groups (broad SMARTS) is 1. The molecule has 0 amide bonds. The van der Waals surface area contributed by atoms with E-state index in [0.717, 1.165) is 6.08 Å². The molecule has 0 saturated heterocycles. The SMILES string of the molecule is C=CC(=O)O.CC(F)(F)C(F)(F)C(F)(F)C(O)O. The molecule has 0 bridgehead atoms. The van der Waals surface area contributed by atoms with Gasteiger partial charge in [-0.25, -0.2) is 4.79 Å². The van der Waals surface area contributed by atoms with Gasteiger partial charge < -0.3 is 15.3 Å². The van der Waals surface area contributed by atoms with Crippen molar-refractivity contribution in [2.75, 3.05) is 0 Å². The second kappa shape index (κ2) is 6.05. The summed E-state index contributed by atoms with van der Waals surface area (Å²) >= 11 is 0. The van der Waals surface area contributed by atoms with Crippen LogP contribution in [0.3, 0.4) is 0 Å². The first kappa shape index (κ1) is 19.1. The van der Waals surface area contributed by atoms with Gasteiger partial charge in [-0.2, -0.15) is 26.3 Å². The Bertz CT molecular complexity index is 296. The average molecular weight is 284 g/mol. The number of aliphatic carboxylic acids is 1. The summed E-state index contributed by atoms with van der Waals surface area (Å²) in [5, 5.41) is 23.1. The van der Waals surface area contributed by atoms with Gasteiger partial charge in [-0.3, -0.25) is 0 Å². The molecular weight excluding hydrogens is 274 g/mol. The average Bonchev–Trinajstić information content (AvgIpc) is 2.16. The minimum atomic E-state index is -5.81. The van der Waals surface area contributed by atoms with Crippen molar-refractivity contribution in [2.24, 2.45) is 0 Å². The molecular formula is C8H10F6O4. The van der Waals surface area contributed by atoms with Crippen LogP contribution in [-0.4, -0.2) is 45.3 Å². The molecule has 0 aliphatic carbocycles. The molecule has 0 aliphatic rings. The van der Waals surface area contributed by atoms with E-state index in [2.05, 4.69) is 6.58 Å². The zero-order chi connectivity index (χ0) is 15.4. The predicted molar refractivity (Wildman–Crippen MR) is 46.6 cm³/mol. The number of alkyl halides is 6. The number of carbonyl (C=O) groups is 1. The van der Waals surface area contributed by atoms with E-state index in [1.165, 1.54) is 0 Å². The predicted octanol–water partition coefficient (Wildman–Crippen LogP) is 1.48. The van der Waals surface area contributed by atoms with E-state index in [1.54, 1.807) is 0 Å². The van der Waals surface area contributed by atoms with E-state index in [4.69, 9.17) is 15.3 Å². The molecule has 0 atom stereocenters. The Kier molecular flexibility index (Phi) is 6.40. The number of hydrogen-bond donors (Lipinski definition) is 3. The fraction of sp³-hybridized carbons (Fsp3) is 0.625. The molecule has 0 saturated carbocycles. The van der Waals surface area contributed by atoms with Crippen molar-refractivity contribution in [3.8, 4) is 0 Å². The van der Waals surface area contributed by atoms with Gasteiger partial charge in [0, 0.05) is 13.0 Å². The van der Waals surface area contributed by atoms with Crippen molar-refractivity contribution in [1.82, 2.24) is 0 Å². The van der Waals surface area contributed by atoms with E-state index in [0.29, 0.717) is 0 Å². The molecule has 0 aliphatic heterocycles. The zero-order valence-electron chi connectivity index (χ0n) is 8.88. The van der Waals surface area contributed by atoms with Crippen LogP contribution >= 0.6 is 0 Å². The van der Waals surface area contributed by atoms with E-state index in [-0.39, 0.29) is 0 Å². The van der Waals surface area contributed by atoms with Crippen LogP contribution in [0.2, 0.25) is 0 Å². The Balaban J connectivity index is 0. The molecule has 4 nitrogen and oxygen atoms in total. The molecule has 10 heteroatoms. The normalized spacial score (nSPS) is 12.8. The van der Waals surface area contributed by atoms with Crippen LogP contribution in [0.15, 0.2) is 12.7 Å². The summed E-state index contributed by atoms with van der Waals surface area (Å²) in [6, 6.07) is 0. The van der Waals surface area contributed by atoms with Crippen molar-refractivity contribution >= 4 is 5.97 Å². The van der Waals surface area contributed by atoms with Gasteiger partial charge in [0.15, 0.2) is 0 Å². The van der Waals surface area contributed by atoms with E-state index >= 15 is 0 Å². The third-order valence-corrected chi connectivity index (χ3v) is 1.47. The maximum atomic E-state index is 12.1. The summed E-state index contributed by atoms with van der Waals surface area (Å²) < 4.78 is 72.3. The van der Waals surface area contributed by atoms with Crippen LogP contribution in [0.5, 0.6) is 0 Å². The highest BCUT2D eigenvalue weighted by Crippen LogP contribution is 2.46. The zero-order valence-corrected chi connectivity index (χ0v) is 8.88. The highest BCUT2D eigenvalue weighted by Gasteiger charge is 2.72. The maximum absolute atomic E-state index is 12.1. The number of aliphatic hydroxyl groups excluding tert-OH is 1. The summed E-state index contributed by atoms with van der Waals surface area (Å²) in [5.74, 6) is -17.4. The molecule has 0 aromatic carbocycles. The maximum Gasteiger partial charge on any atom is 0.376 e. The highest BCUT2D eigenvalue weighted by atomic mass is 19.3. The van der Waals surface area contributed by atoms with E-state index < -0.39 is 37.0 Å². The largest absolute Gasteiger partial charge is 0.478 e. The minimum absolute atomic E-state index is 0.441. The van der Waals surface area contributed by atoms with Crippen molar-refractivity contribution in [3.63, 3.8) is 0 Å². The second-order valence-corrected chi connectivity index (χ2v) is 3.00. The minimum Gasteiger partial charge on any atom is -0.478 e. The quantitative estimate of drug-likeness (QED) is 0.415. The smallest absolute Gasteiger partial charge is 0.376 e. The number of carboxylic acids is 1. The first-order valence-corrected chi connectivity index (χ1v) is 4.06. The Hall–Kier alpha value is -1.29. The third kappa shape index (κ3) is 4.53. The van der Waals surface area contributed by atoms with E-state index in [9.17, 15) is 31.1 Å². The van der Waals surface area contributed by atoms with Crippen LogP contribution in [-0.2, 0) is 4.79 Å². The summed E-state index contributed by atoms with van der Waals surface area (Å²) in [4.78, 5) is 9.25. The molecule has 3 N–H and O–H groups in total. The molecule has 0 spiro atoms. The van der Waals surface area contributed by atoms with E-state index in [1.807, 2.05) is 0 Å². The number of rotatable bonds is 4. The third-order valence-electron chi connectivity index (χ3n) is 1.47. The summed E-state index contributed by atoms with van der Waals surface area (Å²) in [7, 11) is 0. The first-order chi connectivity index (χ1) is 7.71. The molecule has 0 heterocycles. The number of aliphatic hydroxyl groups is 2. The molecule has 0 unspecified atom stereocenters.